The zero-order valence-corrected chi connectivity index (χ0v) is 40.8. The largest absolute Gasteiger partial charge is 0.469 e. The molecule has 0 aromatic heterocycles. The number of ether oxygens (including phenoxy) is 4. The molecule has 2 aromatic carbocycles. The van der Waals surface area contributed by atoms with Crippen molar-refractivity contribution in [3.63, 3.8) is 0 Å². The third kappa shape index (κ3) is 12.0. The fourth-order valence-electron chi connectivity index (χ4n) is 12.9. The summed E-state index contributed by atoms with van der Waals surface area (Å²) in [6.45, 7) is 12.9. The van der Waals surface area contributed by atoms with Gasteiger partial charge in [-0.15, -0.1) is 0 Å². The van der Waals surface area contributed by atoms with E-state index in [1.54, 1.807) is 0 Å². The van der Waals surface area contributed by atoms with Crippen LogP contribution in [0.15, 0.2) is 36.4 Å². The van der Waals surface area contributed by atoms with E-state index in [4.69, 9.17) is 18.9 Å². The van der Waals surface area contributed by atoms with E-state index in [9.17, 15) is 19.2 Å². The van der Waals surface area contributed by atoms with E-state index in [2.05, 4.69) is 61.8 Å². The van der Waals surface area contributed by atoms with Gasteiger partial charge < -0.3 is 34.9 Å². The van der Waals surface area contributed by atoms with Crippen LogP contribution in [0.3, 0.4) is 0 Å². The molecule has 2 fully saturated rings. The molecule has 0 heterocycles. The molecule has 2 aromatic rings. The van der Waals surface area contributed by atoms with Gasteiger partial charge in [0, 0.05) is 13.0 Å². The summed E-state index contributed by atoms with van der Waals surface area (Å²) in [4.78, 5) is 51.2. The van der Waals surface area contributed by atoms with Crippen molar-refractivity contribution in [2.75, 3.05) is 46.9 Å². The maximum absolute atomic E-state index is 12.9. The topological polar surface area (TPSA) is 141 Å². The molecular formula is C54H81N3O8. The van der Waals surface area contributed by atoms with Crippen molar-refractivity contribution in [1.29, 1.82) is 0 Å². The van der Waals surface area contributed by atoms with E-state index < -0.39 is 16.9 Å². The molecule has 6 rings (SSSR count). The third-order valence-corrected chi connectivity index (χ3v) is 16.4. The molecule has 0 aliphatic heterocycles. The van der Waals surface area contributed by atoms with Crippen LogP contribution >= 0.6 is 0 Å². The van der Waals surface area contributed by atoms with Crippen LogP contribution in [0.2, 0.25) is 0 Å². The van der Waals surface area contributed by atoms with E-state index in [1.807, 2.05) is 18.2 Å². The Morgan fingerprint density at radius 1 is 0.554 bits per heavy atom. The molecule has 11 nitrogen and oxygen atoms in total. The number of hydrogen-bond acceptors (Lipinski definition) is 10. The second-order valence-corrected chi connectivity index (χ2v) is 20.8. The molecule has 360 valence electrons. The number of amides is 1. The Labute approximate surface area is 390 Å². The molecular weight excluding hydrogens is 819 g/mol. The summed E-state index contributed by atoms with van der Waals surface area (Å²) in [5, 5.41) is 9.90. The number of nitrogens with one attached hydrogen (secondary N) is 3. The van der Waals surface area contributed by atoms with Gasteiger partial charge in [0.15, 0.2) is 0 Å². The minimum Gasteiger partial charge on any atom is -0.469 e. The zero-order valence-electron chi connectivity index (χ0n) is 40.8. The first-order valence-corrected chi connectivity index (χ1v) is 25.3. The van der Waals surface area contributed by atoms with Gasteiger partial charge in [-0.25, -0.2) is 4.79 Å². The van der Waals surface area contributed by atoms with Gasteiger partial charge in [0.25, 0.3) is 0 Å². The number of carbonyl (C=O) groups excluding carboxylic acids is 4. The lowest BCUT2D eigenvalue weighted by molar-refractivity contribution is -0.162. The molecule has 2 saturated carbocycles. The Kier molecular flexibility index (Phi) is 18.0. The number of hydrogen-bond donors (Lipinski definition) is 3. The fourth-order valence-corrected chi connectivity index (χ4v) is 12.9. The predicted molar refractivity (Wildman–Crippen MR) is 255 cm³/mol. The normalized spacial score (nSPS) is 26.7. The Hall–Kier alpha value is -3.96. The lowest BCUT2D eigenvalue weighted by Gasteiger charge is -2.54. The van der Waals surface area contributed by atoms with Crippen LogP contribution in [0, 0.1) is 22.7 Å². The summed E-state index contributed by atoms with van der Waals surface area (Å²) in [7, 11) is 2.99. The number of unbranched alkanes of at least 4 members (excludes halogenated alkanes) is 7. The number of rotatable bonds is 23. The van der Waals surface area contributed by atoms with Crippen molar-refractivity contribution >= 4 is 24.0 Å². The SMILES string of the molecule is COC(=O)[C@@]1(C)CCC[C@]2(C)c3cc(OC(=O)CCCNCCCCCCCCCCNCCCNC(=O)Oc4ccc5c(c4)[C@@]4(C)CCC[C@](C)(C(=O)OC)[C@@H]4CC5)ccc3CC[C@@H]12. The Morgan fingerprint density at radius 2 is 1.00 bits per heavy atom. The summed E-state index contributed by atoms with van der Waals surface area (Å²) < 4.78 is 22.1. The van der Waals surface area contributed by atoms with E-state index in [-0.39, 0.29) is 40.6 Å². The highest BCUT2D eigenvalue weighted by Gasteiger charge is 2.57. The summed E-state index contributed by atoms with van der Waals surface area (Å²) in [6, 6.07) is 12.1. The average molecular weight is 900 g/mol. The van der Waals surface area contributed by atoms with Crippen molar-refractivity contribution in [3.05, 3.63) is 58.7 Å². The number of fused-ring (bicyclic) bond motifs is 6. The van der Waals surface area contributed by atoms with Gasteiger partial charge in [-0.2, -0.15) is 0 Å². The van der Waals surface area contributed by atoms with Gasteiger partial charge in [-0.1, -0.05) is 77.3 Å². The predicted octanol–water partition coefficient (Wildman–Crippen LogP) is 10.2. The molecule has 65 heavy (non-hydrogen) atoms. The summed E-state index contributed by atoms with van der Waals surface area (Å²) in [5.74, 6) is 1.13. The highest BCUT2D eigenvalue weighted by atomic mass is 16.6. The number of methoxy groups -OCH3 is 2. The lowest BCUT2D eigenvalue weighted by atomic mass is 9.50. The van der Waals surface area contributed by atoms with Crippen LogP contribution in [0.1, 0.15) is 172 Å². The standard InChI is InChI=1S/C54H81N3O8/c1-51-28-16-30-53(3,48(59)62-5)45(51)26-22-39-20-24-41(37-43(39)51)64-47(58)19-15-34-55-32-13-11-9-7-8-10-12-14-33-56-35-18-36-57-50(61)65-42-25-21-40-23-27-46-52(2,44(40)38-42)29-17-31-54(46,4)49(60)63-6/h20-21,24-25,37-38,45-46,55-56H,7-19,22-23,26-36H2,1-6H3,(H,57,61)/t45-,46-,51-,52-,53+,54+/m1/s1. The Bertz CT molecular complexity index is 1800. The Balaban J connectivity index is 0.735. The monoisotopic (exact) mass is 900 g/mol. The molecule has 0 radical (unpaired) electrons. The zero-order chi connectivity index (χ0) is 46.5. The van der Waals surface area contributed by atoms with E-state index in [1.165, 1.54) is 75.0 Å². The van der Waals surface area contributed by atoms with E-state index in [0.29, 0.717) is 24.5 Å². The number of aryl methyl sites for hydroxylation is 2. The number of carbonyl (C=O) groups is 4. The number of benzene rings is 2. The van der Waals surface area contributed by atoms with Gasteiger partial charge in [-0.05, 0) is 186 Å². The summed E-state index contributed by atoms with van der Waals surface area (Å²) >= 11 is 0. The first-order valence-electron chi connectivity index (χ1n) is 25.3. The molecule has 4 aliphatic carbocycles. The highest BCUT2D eigenvalue weighted by Crippen LogP contribution is 2.59. The summed E-state index contributed by atoms with van der Waals surface area (Å²) in [6.07, 6.45) is 20.8. The van der Waals surface area contributed by atoms with Crippen LogP contribution in [-0.4, -0.2) is 70.9 Å². The Morgan fingerprint density at radius 3 is 1.49 bits per heavy atom. The second-order valence-electron chi connectivity index (χ2n) is 20.8. The maximum atomic E-state index is 12.9. The van der Waals surface area contributed by atoms with Crippen LogP contribution in [0.4, 0.5) is 4.79 Å². The van der Waals surface area contributed by atoms with Crippen molar-refractivity contribution in [2.24, 2.45) is 22.7 Å². The molecule has 4 aliphatic rings. The minimum atomic E-state index is -0.501. The maximum Gasteiger partial charge on any atom is 0.412 e. The van der Waals surface area contributed by atoms with Gasteiger partial charge in [0.05, 0.1) is 25.0 Å². The average Bonchev–Trinajstić information content (AvgIpc) is 3.29. The van der Waals surface area contributed by atoms with Gasteiger partial charge in [-0.3, -0.25) is 14.4 Å². The van der Waals surface area contributed by atoms with Crippen molar-refractivity contribution in [3.8, 4) is 11.5 Å². The molecule has 0 saturated heterocycles. The van der Waals surface area contributed by atoms with Gasteiger partial charge in [0.1, 0.15) is 11.5 Å². The third-order valence-electron chi connectivity index (χ3n) is 16.4. The summed E-state index contributed by atoms with van der Waals surface area (Å²) in [5.41, 5.74) is 3.72. The van der Waals surface area contributed by atoms with Crippen LogP contribution < -0.4 is 25.4 Å². The molecule has 0 bridgehead atoms. The molecule has 6 atom stereocenters. The van der Waals surface area contributed by atoms with Gasteiger partial charge >= 0.3 is 24.0 Å². The second kappa shape index (κ2) is 23.2. The molecule has 0 unspecified atom stereocenters. The first kappa shape index (κ1) is 50.5. The molecule has 11 heteroatoms. The van der Waals surface area contributed by atoms with Gasteiger partial charge in [0.2, 0.25) is 0 Å². The van der Waals surface area contributed by atoms with Crippen LogP contribution in [0.5, 0.6) is 11.5 Å². The lowest BCUT2D eigenvalue weighted by Crippen LogP contribution is -2.52. The van der Waals surface area contributed by atoms with Crippen molar-refractivity contribution in [2.45, 2.75) is 173 Å². The first-order chi connectivity index (χ1) is 31.3. The van der Waals surface area contributed by atoms with Crippen molar-refractivity contribution in [1.82, 2.24) is 16.0 Å². The number of esters is 3. The van der Waals surface area contributed by atoms with Crippen LogP contribution in [-0.2, 0) is 47.5 Å². The smallest absolute Gasteiger partial charge is 0.412 e. The van der Waals surface area contributed by atoms with Crippen LogP contribution in [0.25, 0.3) is 0 Å². The molecule has 3 N–H and O–H groups in total. The van der Waals surface area contributed by atoms with E-state index in [0.717, 1.165) is 116 Å². The quantitative estimate of drug-likeness (QED) is 0.0561. The highest BCUT2D eigenvalue weighted by molar-refractivity contribution is 5.78. The minimum absolute atomic E-state index is 0.106. The van der Waals surface area contributed by atoms with E-state index >= 15 is 0 Å². The molecule has 1 amide bonds. The van der Waals surface area contributed by atoms with Crippen molar-refractivity contribution < 1.29 is 38.1 Å². The fraction of sp³-hybridized carbons (Fsp3) is 0.704. The molecule has 0 spiro atoms.